The predicted molar refractivity (Wildman–Crippen MR) is 36.7 cm³/mol. The second kappa shape index (κ2) is 3.64. The van der Waals surface area contributed by atoms with Crippen molar-refractivity contribution in [3.8, 4) is 0 Å². The van der Waals surface area contributed by atoms with Crippen molar-refractivity contribution >= 4 is 5.97 Å². The van der Waals surface area contributed by atoms with Gasteiger partial charge in [-0.2, -0.15) is 0 Å². The SMILES string of the molecule is CC(C)(CC(=O)O)CC(F)F. The lowest BCUT2D eigenvalue weighted by Gasteiger charge is -2.21. The minimum atomic E-state index is -2.43. The number of aliphatic carboxylic acids is 1. The monoisotopic (exact) mass is 166 g/mol. The van der Waals surface area contributed by atoms with E-state index in [0.717, 1.165) is 0 Å². The molecule has 0 atom stereocenters. The van der Waals surface area contributed by atoms with Crippen molar-refractivity contribution in [2.75, 3.05) is 0 Å². The fourth-order valence-corrected chi connectivity index (χ4v) is 0.899. The fourth-order valence-electron chi connectivity index (χ4n) is 0.899. The Bertz CT molecular complexity index is 143. The largest absolute Gasteiger partial charge is 0.481 e. The van der Waals surface area contributed by atoms with E-state index in [-0.39, 0.29) is 12.8 Å². The Balaban J connectivity index is 3.89. The number of alkyl halides is 2. The Morgan fingerprint density at radius 2 is 2.00 bits per heavy atom. The van der Waals surface area contributed by atoms with E-state index in [1.165, 1.54) is 13.8 Å². The van der Waals surface area contributed by atoms with Gasteiger partial charge in [0.05, 0.1) is 6.42 Å². The van der Waals surface area contributed by atoms with Gasteiger partial charge < -0.3 is 5.11 Å². The van der Waals surface area contributed by atoms with E-state index in [2.05, 4.69) is 0 Å². The molecule has 0 radical (unpaired) electrons. The lowest BCUT2D eigenvalue weighted by atomic mass is 9.86. The van der Waals surface area contributed by atoms with E-state index < -0.39 is 17.8 Å². The van der Waals surface area contributed by atoms with Crippen molar-refractivity contribution < 1.29 is 18.7 Å². The highest BCUT2D eigenvalue weighted by molar-refractivity contribution is 5.67. The lowest BCUT2D eigenvalue weighted by Crippen LogP contribution is -2.19. The first-order valence-electron chi connectivity index (χ1n) is 3.33. The maximum atomic E-state index is 11.8. The molecule has 0 bridgehead atoms. The van der Waals surface area contributed by atoms with Crippen LogP contribution in [0.1, 0.15) is 26.7 Å². The summed E-state index contributed by atoms with van der Waals surface area (Å²) in [7, 11) is 0. The van der Waals surface area contributed by atoms with Crippen molar-refractivity contribution in [3.05, 3.63) is 0 Å². The van der Waals surface area contributed by atoms with Crippen molar-refractivity contribution in [2.45, 2.75) is 33.1 Å². The lowest BCUT2D eigenvalue weighted by molar-refractivity contribution is -0.139. The molecule has 0 fully saturated rings. The molecule has 1 N–H and O–H groups in total. The van der Waals surface area contributed by atoms with E-state index >= 15 is 0 Å². The molecule has 66 valence electrons. The smallest absolute Gasteiger partial charge is 0.303 e. The van der Waals surface area contributed by atoms with Crippen LogP contribution in [0.15, 0.2) is 0 Å². The predicted octanol–water partition coefficient (Wildman–Crippen LogP) is 2.14. The third-order valence-corrected chi connectivity index (χ3v) is 1.34. The minimum Gasteiger partial charge on any atom is -0.481 e. The Kier molecular flexibility index (Phi) is 3.42. The average Bonchev–Trinajstić information content (AvgIpc) is 1.53. The van der Waals surface area contributed by atoms with Gasteiger partial charge in [-0.15, -0.1) is 0 Å². The third kappa shape index (κ3) is 5.76. The van der Waals surface area contributed by atoms with Crippen molar-refractivity contribution in [1.29, 1.82) is 0 Å². The van der Waals surface area contributed by atoms with Crippen LogP contribution in [-0.4, -0.2) is 17.5 Å². The van der Waals surface area contributed by atoms with Crippen LogP contribution in [0.2, 0.25) is 0 Å². The molecule has 0 spiro atoms. The summed E-state index contributed by atoms with van der Waals surface area (Å²) in [6.45, 7) is 3.04. The van der Waals surface area contributed by atoms with Gasteiger partial charge in [0.15, 0.2) is 0 Å². The van der Waals surface area contributed by atoms with Gasteiger partial charge in [-0.05, 0) is 5.41 Å². The molecule has 11 heavy (non-hydrogen) atoms. The van der Waals surface area contributed by atoms with Crippen molar-refractivity contribution in [1.82, 2.24) is 0 Å². The first-order valence-corrected chi connectivity index (χ1v) is 3.33. The van der Waals surface area contributed by atoms with Gasteiger partial charge in [-0.25, -0.2) is 8.78 Å². The number of hydrogen-bond donors (Lipinski definition) is 1. The molecular formula is C7H12F2O2. The molecule has 0 heterocycles. The van der Waals surface area contributed by atoms with Crippen LogP contribution in [0, 0.1) is 5.41 Å². The zero-order valence-corrected chi connectivity index (χ0v) is 6.60. The molecule has 0 aliphatic heterocycles. The molecule has 2 nitrogen and oxygen atoms in total. The van der Waals surface area contributed by atoms with Crippen LogP contribution in [0.3, 0.4) is 0 Å². The van der Waals surface area contributed by atoms with E-state index in [1.807, 2.05) is 0 Å². The van der Waals surface area contributed by atoms with Crippen LogP contribution in [0.25, 0.3) is 0 Å². The molecule has 0 rings (SSSR count). The Hall–Kier alpha value is -0.670. The molecule has 0 amide bonds. The van der Waals surface area contributed by atoms with E-state index in [1.54, 1.807) is 0 Å². The van der Waals surface area contributed by atoms with Gasteiger partial charge in [0.25, 0.3) is 0 Å². The van der Waals surface area contributed by atoms with Crippen molar-refractivity contribution in [3.63, 3.8) is 0 Å². The zero-order valence-electron chi connectivity index (χ0n) is 6.60. The maximum Gasteiger partial charge on any atom is 0.303 e. The highest BCUT2D eigenvalue weighted by atomic mass is 19.3. The number of carboxylic acids is 1. The van der Waals surface area contributed by atoms with E-state index in [0.29, 0.717) is 0 Å². The highest BCUT2D eigenvalue weighted by Gasteiger charge is 2.25. The molecule has 0 aliphatic rings. The molecule has 4 heteroatoms. The Labute approximate surface area is 64.2 Å². The van der Waals surface area contributed by atoms with Gasteiger partial charge in [0.2, 0.25) is 6.43 Å². The maximum absolute atomic E-state index is 11.8. The highest BCUT2D eigenvalue weighted by Crippen LogP contribution is 2.28. The van der Waals surface area contributed by atoms with Crippen molar-refractivity contribution in [2.24, 2.45) is 5.41 Å². The van der Waals surface area contributed by atoms with E-state index in [9.17, 15) is 13.6 Å². The molecular weight excluding hydrogens is 154 g/mol. The third-order valence-electron chi connectivity index (χ3n) is 1.34. The van der Waals surface area contributed by atoms with Crippen LogP contribution >= 0.6 is 0 Å². The van der Waals surface area contributed by atoms with Gasteiger partial charge in [-0.1, -0.05) is 13.8 Å². The summed E-state index contributed by atoms with van der Waals surface area (Å²) in [5.74, 6) is -1.03. The molecule has 0 aromatic rings. The summed E-state index contributed by atoms with van der Waals surface area (Å²) in [6.07, 6.45) is -3.00. The summed E-state index contributed by atoms with van der Waals surface area (Å²) in [5, 5.41) is 8.32. The normalized spacial score (nSPS) is 12.1. The van der Waals surface area contributed by atoms with Gasteiger partial charge >= 0.3 is 5.97 Å². The minimum absolute atomic E-state index is 0.211. The van der Waals surface area contributed by atoms with E-state index in [4.69, 9.17) is 5.11 Å². The first-order chi connectivity index (χ1) is 4.83. The molecule has 0 aliphatic carbocycles. The molecule has 0 saturated carbocycles. The van der Waals surface area contributed by atoms with Crippen LogP contribution in [0.4, 0.5) is 8.78 Å². The van der Waals surface area contributed by atoms with Gasteiger partial charge in [-0.3, -0.25) is 4.79 Å². The quantitative estimate of drug-likeness (QED) is 0.694. The first kappa shape index (κ1) is 10.3. The average molecular weight is 166 g/mol. The number of halogens is 2. The number of hydrogen-bond acceptors (Lipinski definition) is 1. The van der Waals surface area contributed by atoms with Crippen LogP contribution in [0.5, 0.6) is 0 Å². The Morgan fingerprint density at radius 3 is 2.27 bits per heavy atom. The summed E-state index contributed by atoms with van der Waals surface area (Å²) < 4.78 is 23.6. The second-order valence-corrected chi connectivity index (χ2v) is 3.33. The van der Waals surface area contributed by atoms with Gasteiger partial charge in [0.1, 0.15) is 0 Å². The topological polar surface area (TPSA) is 37.3 Å². The van der Waals surface area contributed by atoms with Crippen LogP contribution < -0.4 is 0 Å². The summed E-state index contributed by atoms with van der Waals surface area (Å²) in [4.78, 5) is 10.2. The molecule has 0 saturated heterocycles. The molecule has 0 aromatic carbocycles. The Morgan fingerprint density at radius 1 is 1.55 bits per heavy atom. The summed E-state index contributed by atoms with van der Waals surface area (Å²) >= 11 is 0. The number of carboxylic acid groups (broad SMARTS) is 1. The molecule has 0 unspecified atom stereocenters. The summed E-state index contributed by atoms with van der Waals surface area (Å²) in [5.41, 5.74) is -0.806. The molecule has 0 aromatic heterocycles. The standard InChI is InChI=1S/C7H12F2O2/c1-7(2,3-5(8)9)4-6(10)11/h5H,3-4H2,1-2H3,(H,10,11). The number of carbonyl (C=O) groups is 1. The van der Waals surface area contributed by atoms with Crippen LogP contribution in [-0.2, 0) is 4.79 Å². The number of rotatable bonds is 4. The van der Waals surface area contributed by atoms with Gasteiger partial charge in [0, 0.05) is 6.42 Å². The fraction of sp³-hybridized carbons (Fsp3) is 0.857. The second-order valence-electron chi connectivity index (χ2n) is 3.33. The summed E-state index contributed by atoms with van der Waals surface area (Å²) in [6, 6.07) is 0. The zero-order chi connectivity index (χ0) is 9.07.